The lowest BCUT2D eigenvalue weighted by molar-refractivity contribution is -0.108. The maximum absolute atomic E-state index is 13.0. The predicted molar refractivity (Wildman–Crippen MR) is 63.4 cm³/mol. The largest absolute Gasteiger partial charge is 0.350 e. The lowest BCUT2D eigenvalue weighted by Gasteiger charge is -2.13. The zero-order chi connectivity index (χ0) is 12.8. The van der Waals surface area contributed by atoms with Crippen LogP contribution in [0, 0.1) is 12.7 Å². The van der Waals surface area contributed by atoms with Gasteiger partial charge in [0, 0.05) is 18.0 Å². The Kier molecular flexibility index (Phi) is 4.82. The van der Waals surface area contributed by atoms with Crippen LogP contribution in [0.3, 0.4) is 0 Å². The summed E-state index contributed by atoms with van der Waals surface area (Å²) in [4.78, 5) is 22.0. The first-order valence-electron chi connectivity index (χ1n) is 5.55. The summed E-state index contributed by atoms with van der Waals surface area (Å²) >= 11 is 0. The number of hydrogen-bond acceptors (Lipinski definition) is 2. The second-order valence-electron chi connectivity index (χ2n) is 4.08. The van der Waals surface area contributed by atoms with E-state index in [4.69, 9.17) is 0 Å². The molecule has 17 heavy (non-hydrogen) atoms. The van der Waals surface area contributed by atoms with Crippen molar-refractivity contribution in [3.8, 4) is 0 Å². The van der Waals surface area contributed by atoms with E-state index < -0.39 is 5.82 Å². The fourth-order valence-corrected chi connectivity index (χ4v) is 1.53. The van der Waals surface area contributed by atoms with E-state index in [2.05, 4.69) is 5.32 Å². The first-order chi connectivity index (χ1) is 8.04. The van der Waals surface area contributed by atoms with Crippen LogP contribution in [0.15, 0.2) is 18.2 Å². The molecule has 92 valence electrons. The molecule has 1 unspecified atom stereocenters. The Morgan fingerprint density at radius 2 is 2.24 bits per heavy atom. The zero-order valence-electron chi connectivity index (χ0n) is 10.00. The molecular weight excluding hydrogens is 221 g/mol. The molecule has 0 saturated heterocycles. The summed E-state index contributed by atoms with van der Waals surface area (Å²) < 4.78 is 13.0. The van der Waals surface area contributed by atoms with Crippen molar-refractivity contribution in [3.05, 3.63) is 35.1 Å². The summed E-state index contributed by atoms with van der Waals surface area (Å²) in [5, 5.41) is 2.73. The van der Waals surface area contributed by atoms with Gasteiger partial charge in [-0.3, -0.25) is 4.79 Å². The van der Waals surface area contributed by atoms with Gasteiger partial charge >= 0.3 is 0 Å². The molecule has 4 heteroatoms. The topological polar surface area (TPSA) is 46.2 Å². The van der Waals surface area contributed by atoms with Gasteiger partial charge in [0.1, 0.15) is 12.1 Å². The van der Waals surface area contributed by atoms with Crippen molar-refractivity contribution in [1.82, 2.24) is 5.32 Å². The standard InChI is InChI=1S/C13H16FNO2/c1-9-5-6-11(14)8-12(9)13(17)15-10(2)4-3-7-16/h5-8,10H,3-4H2,1-2H3,(H,15,17). The van der Waals surface area contributed by atoms with Gasteiger partial charge < -0.3 is 10.1 Å². The van der Waals surface area contributed by atoms with E-state index in [1.165, 1.54) is 12.1 Å². The number of amides is 1. The van der Waals surface area contributed by atoms with Crippen LogP contribution in [-0.2, 0) is 4.79 Å². The maximum atomic E-state index is 13.0. The smallest absolute Gasteiger partial charge is 0.251 e. The first kappa shape index (κ1) is 13.4. The first-order valence-corrected chi connectivity index (χ1v) is 5.55. The van der Waals surface area contributed by atoms with Crippen molar-refractivity contribution in [2.45, 2.75) is 32.7 Å². The Balaban J connectivity index is 2.69. The Morgan fingerprint density at radius 3 is 2.88 bits per heavy atom. The lowest BCUT2D eigenvalue weighted by atomic mass is 10.1. The molecule has 1 amide bonds. The molecule has 0 aliphatic heterocycles. The number of rotatable bonds is 5. The summed E-state index contributed by atoms with van der Waals surface area (Å²) in [7, 11) is 0. The van der Waals surface area contributed by atoms with Crippen LogP contribution in [0.4, 0.5) is 4.39 Å². The minimum Gasteiger partial charge on any atom is -0.350 e. The Labute approximate surface area is 100 Å². The molecule has 1 atom stereocenters. The molecule has 0 saturated carbocycles. The maximum Gasteiger partial charge on any atom is 0.251 e. The highest BCUT2D eigenvalue weighted by Gasteiger charge is 2.12. The van der Waals surface area contributed by atoms with Crippen LogP contribution >= 0.6 is 0 Å². The van der Waals surface area contributed by atoms with Crippen LogP contribution in [0.2, 0.25) is 0 Å². The number of benzene rings is 1. The molecule has 0 aromatic heterocycles. The monoisotopic (exact) mass is 237 g/mol. The Morgan fingerprint density at radius 1 is 1.53 bits per heavy atom. The van der Waals surface area contributed by atoms with Crippen molar-refractivity contribution in [1.29, 1.82) is 0 Å². The van der Waals surface area contributed by atoms with Crippen LogP contribution in [0.5, 0.6) is 0 Å². The second kappa shape index (κ2) is 6.13. The average molecular weight is 237 g/mol. The fraction of sp³-hybridized carbons (Fsp3) is 0.385. The molecule has 0 heterocycles. The molecule has 0 spiro atoms. The van der Waals surface area contributed by atoms with Crippen molar-refractivity contribution in [2.24, 2.45) is 0 Å². The van der Waals surface area contributed by atoms with E-state index in [9.17, 15) is 14.0 Å². The van der Waals surface area contributed by atoms with Crippen LogP contribution in [0.25, 0.3) is 0 Å². The second-order valence-corrected chi connectivity index (χ2v) is 4.08. The number of nitrogens with one attached hydrogen (secondary N) is 1. The van der Waals surface area contributed by atoms with Crippen LogP contribution in [0.1, 0.15) is 35.7 Å². The number of aryl methyl sites for hydroxylation is 1. The molecule has 1 aromatic rings. The van der Waals surface area contributed by atoms with Gasteiger partial charge in [-0.15, -0.1) is 0 Å². The quantitative estimate of drug-likeness (QED) is 0.798. The van der Waals surface area contributed by atoms with Crippen LogP contribution < -0.4 is 5.32 Å². The molecule has 0 aliphatic carbocycles. The molecular formula is C13H16FNO2. The molecule has 0 bridgehead atoms. The SMILES string of the molecule is Cc1ccc(F)cc1C(=O)NC(C)CCC=O. The molecule has 1 N–H and O–H groups in total. The number of aldehydes is 1. The minimum atomic E-state index is -0.429. The van der Waals surface area contributed by atoms with Gasteiger partial charge in [-0.05, 0) is 38.0 Å². The molecule has 0 fully saturated rings. The number of carbonyl (C=O) groups excluding carboxylic acids is 2. The van der Waals surface area contributed by atoms with E-state index in [1.807, 2.05) is 6.92 Å². The molecule has 3 nitrogen and oxygen atoms in total. The number of hydrogen-bond donors (Lipinski definition) is 1. The van der Waals surface area contributed by atoms with Crippen molar-refractivity contribution < 1.29 is 14.0 Å². The van der Waals surface area contributed by atoms with Gasteiger partial charge in [-0.25, -0.2) is 4.39 Å². The number of halogens is 1. The highest BCUT2D eigenvalue weighted by Crippen LogP contribution is 2.10. The highest BCUT2D eigenvalue weighted by molar-refractivity contribution is 5.95. The van der Waals surface area contributed by atoms with E-state index in [-0.39, 0.29) is 11.9 Å². The van der Waals surface area contributed by atoms with E-state index in [1.54, 1.807) is 13.0 Å². The van der Waals surface area contributed by atoms with Crippen LogP contribution in [-0.4, -0.2) is 18.2 Å². The zero-order valence-corrected chi connectivity index (χ0v) is 10.00. The van der Waals surface area contributed by atoms with Gasteiger partial charge in [-0.1, -0.05) is 6.07 Å². The van der Waals surface area contributed by atoms with E-state index in [0.717, 1.165) is 11.8 Å². The van der Waals surface area contributed by atoms with Gasteiger partial charge in [0.05, 0.1) is 0 Å². The summed E-state index contributed by atoms with van der Waals surface area (Å²) in [6.07, 6.45) is 1.81. The molecule has 0 aliphatic rings. The summed E-state index contributed by atoms with van der Waals surface area (Å²) in [6, 6.07) is 4.01. The Bertz CT molecular complexity index is 418. The molecule has 1 rings (SSSR count). The summed E-state index contributed by atoms with van der Waals surface area (Å²) in [5.41, 5.74) is 1.06. The van der Waals surface area contributed by atoms with Crippen molar-refractivity contribution in [2.75, 3.05) is 0 Å². The van der Waals surface area contributed by atoms with Crippen molar-refractivity contribution >= 4 is 12.2 Å². The average Bonchev–Trinajstić information content (AvgIpc) is 2.29. The van der Waals surface area contributed by atoms with Gasteiger partial charge in [0.15, 0.2) is 0 Å². The highest BCUT2D eigenvalue weighted by atomic mass is 19.1. The third kappa shape index (κ3) is 3.98. The van der Waals surface area contributed by atoms with Gasteiger partial charge in [0.2, 0.25) is 0 Å². The van der Waals surface area contributed by atoms with E-state index in [0.29, 0.717) is 18.4 Å². The van der Waals surface area contributed by atoms with Crippen molar-refractivity contribution in [3.63, 3.8) is 0 Å². The summed E-state index contributed by atoms with van der Waals surface area (Å²) in [5.74, 6) is -0.735. The molecule has 0 radical (unpaired) electrons. The molecule has 1 aromatic carbocycles. The Hall–Kier alpha value is -1.71. The fourth-order valence-electron chi connectivity index (χ4n) is 1.53. The minimum absolute atomic E-state index is 0.102. The van der Waals surface area contributed by atoms with E-state index >= 15 is 0 Å². The third-order valence-corrected chi connectivity index (χ3v) is 2.54. The van der Waals surface area contributed by atoms with Gasteiger partial charge in [-0.2, -0.15) is 0 Å². The normalized spacial score (nSPS) is 11.9. The van der Waals surface area contributed by atoms with Gasteiger partial charge in [0.25, 0.3) is 5.91 Å². The summed E-state index contributed by atoms with van der Waals surface area (Å²) in [6.45, 7) is 3.57. The lowest BCUT2D eigenvalue weighted by Crippen LogP contribution is -2.33. The predicted octanol–water partition coefficient (Wildman–Crippen LogP) is 2.23. The third-order valence-electron chi connectivity index (χ3n) is 2.54. The number of carbonyl (C=O) groups is 2.